The summed E-state index contributed by atoms with van der Waals surface area (Å²) in [6.07, 6.45) is 3.41. The lowest BCUT2D eigenvalue weighted by molar-refractivity contribution is -0.121. The second-order valence-corrected chi connectivity index (χ2v) is 9.22. The summed E-state index contributed by atoms with van der Waals surface area (Å²) in [5, 5.41) is 2.84. The second-order valence-electron chi connectivity index (χ2n) is 7.65. The van der Waals surface area contributed by atoms with Crippen molar-refractivity contribution >= 4 is 21.8 Å². The van der Waals surface area contributed by atoms with Crippen molar-refractivity contribution in [1.29, 1.82) is 0 Å². The van der Waals surface area contributed by atoms with Gasteiger partial charge in [0, 0.05) is 31.5 Å². The number of likely N-dealkylation sites (N-methyl/N-ethyl adjacent to an activating group) is 1. The molecule has 0 bridgehead atoms. The van der Waals surface area contributed by atoms with Crippen LogP contribution in [0.2, 0.25) is 0 Å². The number of amidine groups is 1. The molecule has 1 aliphatic heterocycles. The van der Waals surface area contributed by atoms with E-state index in [1.807, 2.05) is 18.2 Å². The number of fused-ring (bicyclic) bond motifs is 1. The number of nitrogens with zero attached hydrogens (tertiary/aromatic N) is 3. The van der Waals surface area contributed by atoms with E-state index in [-0.39, 0.29) is 29.7 Å². The molecule has 2 heterocycles. The summed E-state index contributed by atoms with van der Waals surface area (Å²) in [6, 6.07) is 15.8. The van der Waals surface area contributed by atoms with Crippen LogP contribution in [0.3, 0.4) is 0 Å². The molecule has 4 rings (SSSR count). The zero-order valence-corrected chi connectivity index (χ0v) is 19.6. The van der Waals surface area contributed by atoms with E-state index in [1.54, 1.807) is 56.9 Å². The Balaban J connectivity index is 1.35. The van der Waals surface area contributed by atoms with Gasteiger partial charge in [0.15, 0.2) is 17.3 Å². The van der Waals surface area contributed by atoms with E-state index in [9.17, 15) is 13.2 Å². The lowest BCUT2D eigenvalue weighted by Crippen LogP contribution is -2.38. The second kappa shape index (κ2) is 9.92. The molecule has 0 aliphatic carbocycles. The number of sulfonamides is 1. The Kier molecular flexibility index (Phi) is 6.78. The van der Waals surface area contributed by atoms with Crippen LogP contribution in [0.25, 0.3) is 0 Å². The Morgan fingerprint density at radius 3 is 2.56 bits per heavy atom. The minimum atomic E-state index is -3.74. The van der Waals surface area contributed by atoms with Gasteiger partial charge in [-0.2, -0.15) is 8.42 Å². The van der Waals surface area contributed by atoms with Gasteiger partial charge in [-0.3, -0.25) is 9.78 Å². The van der Waals surface area contributed by atoms with Crippen molar-refractivity contribution in [3.8, 4) is 11.5 Å². The summed E-state index contributed by atoms with van der Waals surface area (Å²) in [7, 11) is -0.551. The van der Waals surface area contributed by atoms with Gasteiger partial charge in [-0.15, -0.1) is 4.40 Å². The molecule has 3 aromatic rings. The monoisotopic (exact) mass is 480 g/mol. The highest BCUT2D eigenvalue weighted by atomic mass is 32.2. The Labute approximate surface area is 198 Å². The van der Waals surface area contributed by atoms with Gasteiger partial charge in [-0.05, 0) is 47.5 Å². The first-order valence-electron chi connectivity index (χ1n) is 10.5. The van der Waals surface area contributed by atoms with Crippen LogP contribution in [-0.4, -0.2) is 50.7 Å². The number of rotatable bonds is 8. The number of hydrogen-bond acceptors (Lipinski definition) is 7. The summed E-state index contributed by atoms with van der Waals surface area (Å²) in [6.45, 7) is 0.603. The molecule has 10 heteroatoms. The highest BCUT2D eigenvalue weighted by Gasteiger charge is 2.30. The molecule has 34 heavy (non-hydrogen) atoms. The highest BCUT2D eigenvalue weighted by molar-refractivity contribution is 7.90. The summed E-state index contributed by atoms with van der Waals surface area (Å²) >= 11 is 0. The predicted octanol–water partition coefficient (Wildman–Crippen LogP) is 2.37. The van der Waals surface area contributed by atoms with E-state index in [1.165, 1.54) is 11.0 Å². The quantitative estimate of drug-likeness (QED) is 0.527. The highest BCUT2D eigenvalue weighted by Crippen LogP contribution is 2.29. The fourth-order valence-electron chi connectivity index (χ4n) is 3.49. The zero-order chi connectivity index (χ0) is 24.1. The van der Waals surface area contributed by atoms with Gasteiger partial charge in [0.1, 0.15) is 11.5 Å². The van der Waals surface area contributed by atoms with Crippen LogP contribution in [0.4, 0.5) is 0 Å². The van der Waals surface area contributed by atoms with E-state index >= 15 is 0 Å². The maximum Gasteiger partial charge on any atom is 0.285 e. The molecule has 1 amide bonds. The van der Waals surface area contributed by atoms with Gasteiger partial charge >= 0.3 is 0 Å². The van der Waals surface area contributed by atoms with Crippen LogP contribution < -0.4 is 14.8 Å². The molecule has 1 aliphatic rings. The van der Waals surface area contributed by atoms with E-state index in [2.05, 4.69) is 14.7 Å². The summed E-state index contributed by atoms with van der Waals surface area (Å²) < 4.78 is 39.6. The van der Waals surface area contributed by atoms with E-state index in [0.29, 0.717) is 23.7 Å². The van der Waals surface area contributed by atoms with E-state index in [4.69, 9.17) is 9.47 Å². The third-order valence-corrected chi connectivity index (χ3v) is 6.54. The van der Waals surface area contributed by atoms with Gasteiger partial charge in [0.25, 0.3) is 10.0 Å². The minimum absolute atomic E-state index is 0.0487. The summed E-state index contributed by atoms with van der Waals surface area (Å²) in [5.41, 5.74) is 2.31. The molecular weight excluding hydrogens is 456 g/mol. The summed E-state index contributed by atoms with van der Waals surface area (Å²) in [5.74, 6) is 1.13. The molecule has 2 aromatic carbocycles. The number of aromatic nitrogens is 1. The van der Waals surface area contributed by atoms with E-state index in [0.717, 1.165) is 11.1 Å². The first-order valence-corrected chi connectivity index (χ1v) is 11.9. The average Bonchev–Trinajstić information content (AvgIpc) is 3.13. The molecule has 0 atom stereocenters. The molecule has 0 radical (unpaired) electrons. The van der Waals surface area contributed by atoms with Crippen molar-refractivity contribution in [1.82, 2.24) is 15.2 Å². The standard InChI is InChI=1S/C24H24N4O5S/c1-28(24-19-5-3-4-6-22(19)34(30,31)27-24)15-23(29)26-14-18-7-8-20(21(13-18)32-2)33-16-17-9-11-25-12-10-17/h3-13H,14-16H2,1-2H3,(H,26,29). The van der Waals surface area contributed by atoms with Crippen LogP contribution in [0.5, 0.6) is 11.5 Å². The number of ether oxygens (including phenoxy) is 2. The Morgan fingerprint density at radius 1 is 1.03 bits per heavy atom. The molecule has 0 unspecified atom stereocenters. The van der Waals surface area contributed by atoms with Gasteiger partial charge in [0.05, 0.1) is 13.7 Å². The number of nitrogens with one attached hydrogen (secondary N) is 1. The number of pyridine rings is 1. The average molecular weight is 481 g/mol. The number of benzene rings is 2. The van der Waals surface area contributed by atoms with Crippen molar-refractivity contribution in [3.63, 3.8) is 0 Å². The Bertz CT molecular complexity index is 1330. The maximum absolute atomic E-state index is 12.5. The van der Waals surface area contributed by atoms with Crippen LogP contribution in [0.15, 0.2) is 76.3 Å². The topological polar surface area (TPSA) is 110 Å². The first kappa shape index (κ1) is 23.2. The van der Waals surface area contributed by atoms with Crippen LogP contribution in [0, 0.1) is 0 Å². The fraction of sp³-hybridized carbons (Fsp3) is 0.208. The van der Waals surface area contributed by atoms with Crippen molar-refractivity contribution in [2.75, 3.05) is 20.7 Å². The van der Waals surface area contributed by atoms with Crippen molar-refractivity contribution in [2.45, 2.75) is 18.0 Å². The molecule has 0 fully saturated rings. The molecule has 1 N–H and O–H groups in total. The zero-order valence-electron chi connectivity index (χ0n) is 18.8. The number of carbonyl (C=O) groups excluding carboxylic acids is 1. The van der Waals surface area contributed by atoms with Gasteiger partial charge in [-0.1, -0.05) is 18.2 Å². The van der Waals surface area contributed by atoms with Gasteiger partial charge in [0.2, 0.25) is 5.91 Å². The molecule has 9 nitrogen and oxygen atoms in total. The largest absolute Gasteiger partial charge is 0.493 e. The molecule has 0 spiro atoms. The third kappa shape index (κ3) is 5.18. The molecular formula is C24H24N4O5S. The van der Waals surface area contributed by atoms with Crippen molar-refractivity contribution < 1.29 is 22.7 Å². The van der Waals surface area contributed by atoms with Crippen LogP contribution >= 0.6 is 0 Å². The third-order valence-electron chi connectivity index (χ3n) is 5.22. The molecule has 176 valence electrons. The molecule has 0 saturated heterocycles. The normalized spacial score (nSPS) is 13.5. The predicted molar refractivity (Wildman–Crippen MR) is 126 cm³/mol. The summed E-state index contributed by atoms with van der Waals surface area (Å²) in [4.78, 5) is 18.2. The van der Waals surface area contributed by atoms with E-state index < -0.39 is 10.0 Å². The van der Waals surface area contributed by atoms with Crippen LogP contribution in [0.1, 0.15) is 16.7 Å². The number of amides is 1. The van der Waals surface area contributed by atoms with Crippen molar-refractivity contribution in [2.24, 2.45) is 4.40 Å². The smallest absolute Gasteiger partial charge is 0.285 e. The van der Waals surface area contributed by atoms with Gasteiger partial charge in [-0.25, -0.2) is 0 Å². The lowest BCUT2D eigenvalue weighted by atomic mass is 10.2. The number of methoxy groups -OCH3 is 1. The lowest BCUT2D eigenvalue weighted by Gasteiger charge is -2.18. The first-order chi connectivity index (χ1) is 16.4. The fourth-order valence-corrected chi connectivity index (χ4v) is 4.74. The maximum atomic E-state index is 12.5. The Morgan fingerprint density at radius 2 is 1.79 bits per heavy atom. The number of hydrogen-bond donors (Lipinski definition) is 1. The minimum Gasteiger partial charge on any atom is -0.493 e. The van der Waals surface area contributed by atoms with Gasteiger partial charge < -0.3 is 19.7 Å². The SMILES string of the molecule is COc1cc(CNC(=O)CN(C)C2=NS(=O)(=O)c3ccccc32)ccc1OCc1ccncc1. The number of carbonyl (C=O) groups is 1. The van der Waals surface area contributed by atoms with Crippen LogP contribution in [-0.2, 0) is 28.0 Å². The Hall–Kier alpha value is -3.92. The van der Waals surface area contributed by atoms with Crippen molar-refractivity contribution in [3.05, 3.63) is 83.7 Å². The molecule has 1 aromatic heterocycles. The molecule has 0 saturated carbocycles.